The number of nitrogens with one attached hydrogen (secondary N) is 2. The van der Waals surface area contributed by atoms with E-state index in [1.54, 1.807) is 0 Å². The minimum absolute atomic E-state index is 0.496. The van der Waals surface area contributed by atoms with E-state index in [9.17, 15) is 0 Å². The molecule has 6 heteroatoms. The highest BCUT2D eigenvalue weighted by atomic mass is 15.3. The predicted molar refractivity (Wildman–Crippen MR) is 127 cm³/mol. The highest BCUT2D eigenvalue weighted by molar-refractivity contribution is 5.79. The average molecular weight is 415 g/mol. The van der Waals surface area contributed by atoms with Crippen LogP contribution in [0.4, 0.5) is 0 Å². The van der Waals surface area contributed by atoms with Crippen molar-refractivity contribution in [3.05, 3.63) is 35.9 Å². The standard InChI is InChI=1S/C24H42N6/c1-4-14-29-16-11-22(12-17-29)27-24(25-2)26-13-8-15-30-19-18-28(3)20-23(30)21-9-6-5-7-10-21/h5-7,9-10,22-23H,4,8,11-20H2,1-3H3,(H2,25,26,27). The predicted octanol–water partition coefficient (Wildman–Crippen LogP) is 2.40. The molecule has 0 saturated carbocycles. The van der Waals surface area contributed by atoms with E-state index in [1.165, 1.54) is 44.5 Å². The Labute approximate surface area is 183 Å². The summed E-state index contributed by atoms with van der Waals surface area (Å²) in [4.78, 5) is 12.1. The van der Waals surface area contributed by atoms with Crippen molar-refractivity contribution in [1.29, 1.82) is 0 Å². The second kappa shape index (κ2) is 12.3. The number of likely N-dealkylation sites (tertiary alicyclic amines) is 1. The minimum atomic E-state index is 0.496. The molecule has 0 radical (unpaired) electrons. The summed E-state index contributed by atoms with van der Waals surface area (Å²) in [6.45, 7) is 11.4. The van der Waals surface area contributed by atoms with Gasteiger partial charge in [0.15, 0.2) is 5.96 Å². The number of piperazine rings is 1. The number of piperidine rings is 1. The number of aliphatic imine (C=N–C) groups is 1. The first kappa shape index (κ1) is 23.0. The summed E-state index contributed by atoms with van der Waals surface area (Å²) in [6, 6.07) is 12.0. The van der Waals surface area contributed by atoms with Crippen LogP contribution in [0.3, 0.4) is 0 Å². The molecule has 168 valence electrons. The lowest BCUT2D eigenvalue weighted by molar-refractivity contribution is 0.0891. The summed E-state index contributed by atoms with van der Waals surface area (Å²) < 4.78 is 0. The first-order chi connectivity index (χ1) is 14.7. The van der Waals surface area contributed by atoms with Crippen LogP contribution in [0.25, 0.3) is 0 Å². The smallest absolute Gasteiger partial charge is 0.191 e. The van der Waals surface area contributed by atoms with Crippen molar-refractivity contribution in [2.45, 2.75) is 44.7 Å². The molecule has 0 aromatic heterocycles. The minimum Gasteiger partial charge on any atom is -0.356 e. The molecule has 1 aromatic rings. The third-order valence-electron chi connectivity index (χ3n) is 6.49. The van der Waals surface area contributed by atoms with E-state index in [0.29, 0.717) is 12.1 Å². The quantitative estimate of drug-likeness (QED) is 0.389. The van der Waals surface area contributed by atoms with Crippen LogP contribution in [0.2, 0.25) is 0 Å². The van der Waals surface area contributed by atoms with E-state index in [0.717, 1.165) is 45.1 Å². The molecule has 2 aliphatic rings. The van der Waals surface area contributed by atoms with E-state index >= 15 is 0 Å². The monoisotopic (exact) mass is 414 g/mol. The zero-order chi connectivity index (χ0) is 21.2. The first-order valence-corrected chi connectivity index (χ1v) is 11.9. The molecule has 1 unspecified atom stereocenters. The highest BCUT2D eigenvalue weighted by Gasteiger charge is 2.26. The molecular formula is C24H42N6. The van der Waals surface area contributed by atoms with Gasteiger partial charge in [-0.25, -0.2) is 0 Å². The lowest BCUT2D eigenvalue weighted by atomic mass is 10.0. The van der Waals surface area contributed by atoms with Crippen LogP contribution in [-0.2, 0) is 0 Å². The van der Waals surface area contributed by atoms with Crippen LogP contribution in [-0.4, -0.2) is 93.2 Å². The lowest BCUT2D eigenvalue weighted by Crippen LogP contribution is -2.49. The second-order valence-corrected chi connectivity index (χ2v) is 8.84. The largest absolute Gasteiger partial charge is 0.356 e. The molecule has 0 bridgehead atoms. The zero-order valence-corrected chi connectivity index (χ0v) is 19.3. The molecule has 0 aliphatic carbocycles. The Balaban J connectivity index is 1.39. The number of guanidine groups is 1. The number of rotatable bonds is 8. The Bertz CT molecular complexity index is 626. The Hall–Kier alpha value is -1.63. The van der Waals surface area contributed by atoms with Crippen LogP contribution in [0.5, 0.6) is 0 Å². The van der Waals surface area contributed by atoms with Crippen molar-refractivity contribution in [3.63, 3.8) is 0 Å². The SMILES string of the molecule is CCCN1CCC(NC(=NC)NCCCN2CCN(C)CC2c2ccccc2)CC1. The molecule has 0 spiro atoms. The summed E-state index contributed by atoms with van der Waals surface area (Å²) in [5, 5.41) is 7.18. The molecular weight excluding hydrogens is 372 g/mol. The summed E-state index contributed by atoms with van der Waals surface area (Å²) in [7, 11) is 4.12. The van der Waals surface area contributed by atoms with Crippen molar-refractivity contribution in [3.8, 4) is 0 Å². The van der Waals surface area contributed by atoms with Gasteiger partial charge in [-0.3, -0.25) is 9.89 Å². The van der Waals surface area contributed by atoms with Gasteiger partial charge in [0.1, 0.15) is 0 Å². The number of likely N-dealkylation sites (N-methyl/N-ethyl adjacent to an activating group) is 1. The van der Waals surface area contributed by atoms with Gasteiger partial charge in [0.2, 0.25) is 0 Å². The Morgan fingerprint density at radius 2 is 1.83 bits per heavy atom. The van der Waals surface area contributed by atoms with E-state index < -0.39 is 0 Å². The normalized spacial score (nSPS) is 22.9. The van der Waals surface area contributed by atoms with E-state index in [4.69, 9.17) is 0 Å². The molecule has 2 saturated heterocycles. The fourth-order valence-corrected chi connectivity index (χ4v) is 4.71. The number of hydrogen-bond acceptors (Lipinski definition) is 4. The Kier molecular flexibility index (Phi) is 9.43. The van der Waals surface area contributed by atoms with Gasteiger partial charge in [-0.05, 0) is 44.8 Å². The Morgan fingerprint density at radius 3 is 2.53 bits per heavy atom. The van der Waals surface area contributed by atoms with Gasteiger partial charge in [0, 0.05) is 64.9 Å². The van der Waals surface area contributed by atoms with Gasteiger partial charge in [-0.2, -0.15) is 0 Å². The first-order valence-electron chi connectivity index (χ1n) is 11.9. The lowest BCUT2D eigenvalue weighted by Gasteiger charge is -2.40. The third-order valence-corrected chi connectivity index (χ3v) is 6.49. The van der Waals surface area contributed by atoms with Crippen LogP contribution >= 0.6 is 0 Å². The maximum absolute atomic E-state index is 4.45. The summed E-state index contributed by atoms with van der Waals surface area (Å²) >= 11 is 0. The number of hydrogen-bond donors (Lipinski definition) is 2. The molecule has 2 fully saturated rings. The maximum atomic E-state index is 4.45. The average Bonchev–Trinajstić information content (AvgIpc) is 2.78. The van der Waals surface area contributed by atoms with E-state index in [1.807, 2.05) is 7.05 Å². The molecule has 1 aromatic carbocycles. The molecule has 0 amide bonds. The van der Waals surface area contributed by atoms with Crippen molar-refractivity contribution in [2.24, 2.45) is 4.99 Å². The fraction of sp³-hybridized carbons (Fsp3) is 0.708. The van der Waals surface area contributed by atoms with Crippen LogP contribution in [0.1, 0.15) is 44.2 Å². The van der Waals surface area contributed by atoms with Gasteiger partial charge in [-0.15, -0.1) is 0 Å². The fourth-order valence-electron chi connectivity index (χ4n) is 4.71. The van der Waals surface area contributed by atoms with Crippen molar-refractivity contribution in [2.75, 3.05) is 66.5 Å². The van der Waals surface area contributed by atoms with Gasteiger partial charge < -0.3 is 20.4 Å². The van der Waals surface area contributed by atoms with Crippen LogP contribution < -0.4 is 10.6 Å². The van der Waals surface area contributed by atoms with Gasteiger partial charge in [0.25, 0.3) is 0 Å². The zero-order valence-electron chi connectivity index (χ0n) is 19.3. The molecule has 2 N–H and O–H groups in total. The summed E-state index contributed by atoms with van der Waals surface area (Å²) in [6.07, 6.45) is 4.80. The molecule has 1 atom stereocenters. The number of nitrogens with zero attached hydrogens (tertiary/aromatic N) is 4. The molecule has 2 aliphatic heterocycles. The molecule has 2 heterocycles. The van der Waals surface area contributed by atoms with Crippen LogP contribution in [0.15, 0.2) is 35.3 Å². The second-order valence-electron chi connectivity index (χ2n) is 8.84. The van der Waals surface area contributed by atoms with E-state index in [2.05, 4.69) is 74.6 Å². The van der Waals surface area contributed by atoms with E-state index in [-0.39, 0.29) is 0 Å². The summed E-state index contributed by atoms with van der Waals surface area (Å²) in [5.74, 6) is 0.960. The van der Waals surface area contributed by atoms with Crippen molar-refractivity contribution >= 4 is 5.96 Å². The Morgan fingerprint density at radius 1 is 1.07 bits per heavy atom. The third kappa shape index (κ3) is 6.96. The topological polar surface area (TPSA) is 46.1 Å². The van der Waals surface area contributed by atoms with Gasteiger partial charge >= 0.3 is 0 Å². The van der Waals surface area contributed by atoms with Crippen molar-refractivity contribution < 1.29 is 0 Å². The summed E-state index contributed by atoms with van der Waals surface area (Å²) in [5.41, 5.74) is 1.43. The molecule has 30 heavy (non-hydrogen) atoms. The number of benzene rings is 1. The van der Waals surface area contributed by atoms with Gasteiger partial charge in [0.05, 0.1) is 0 Å². The van der Waals surface area contributed by atoms with Crippen molar-refractivity contribution in [1.82, 2.24) is 25.3 Å². The van der Waals surface area contributed by atoms with Crippen LogP contribution in [0, 0.1) is 0 Å². The highest BCUT2D eigenvalue weighted by Crippen LogP contribution is 2.24. The molecule has 6 nitrogen and oxygen atoms in total. The molecule has 3 rings (SSSR count). The van der Waals surface area contributed by atoms with Gasteiger partial charge in [-0.1, -0.05) is 37.3 Å². The maximum Gasteiger partial charge on any atom is 0.191 e.